The average Bonchev–Trinajstić information content (AvgIpc) is 2.52. The van der Waals surface area contributed by atoms with E-state index in [9.17, 15) is 14.0 Å². The second kappa shape index (κ2) is 9.15. The molecule has 5 nitrogen and oxygen atoms in total. The molecule has 22 heavy (non-hydrogen) atoms. The van der Waals surface area contributed by atoms with Gasteiger partial charge in [0.15, 0.2) is 0 Å². The van der Waals surface area contributed by atoms with Crippen LogP contribution in [0, 0.1) is 5.82 Å². The summed E-state index contributed by atoms with van der Waals surface area (Å²) in [4.78, 5) is 25.8. The van der Waals surface area contributed by atoms with Gasteiger partial charge in [-0.3, -0.25) is 14.5 Å². The van der Waals surface area contributed by atoms with Crippen molar-refractivity contribution in [3.8, 4) is 0 Å². The van der Waals surface area contributed by atoms with Crippen LogP contribution in [-0.4, -0.2) is 49.4 Å². The van der Waals surface area contributed by atoms with Crippen LogP contribution in [0.3, 0.4) is 0 Å². The highest BCUT2D eigenvalue weighted by Gasteiger charge is 2.19. The van der Waals surface area contributed by atoms with Gasteiger partial charge in [-0.2, -0.15) is 0 Å². The van der Waals surface area contributed by atoms with Crippen molar-refractivity contribution in [2.45, 2.75) is 26.3 Å². The molecule has 1 unspecified atom stereocenters. The van der Waals surface area contributed by atoms with E-state index in [2.05, 4.69) is 10.6 Å². The highest BCUT2D eigenvalue weighted by molar-refractivity contribution is 5.94. The van der Waals surface area contributed by atoms with E-state index in [0.717, 1.165) is 13.0 Å². The Hall–Kier alpha value is -1.95. The number of nitrogens with zero attached hydrogens (tertiary/aromatic N) is 1. The minimum atomic E-state index is -0.380. The maximum atomic E-state index is 12.8. The molecule has 2 amide bonds. The zero-order valence-corrected chi connectivity index (χ0v) is 13.4. The molecule has 0 fully saturated rings. The lowest BCUT2D eigenvalue weighted by molar-refractivity contribution is -0.126. The molecule has 0 spiro atoms. The zero-order chi connectivity index (χ0) is 16.5. The summed E-state index contributed by atoms with van der Waals surface area (Å²) in [5.41, 5.74) is 0.393. The van der Waals surface area contributed by atoms with E-state index in [1.807, 2.05) is 25.8 Å². The van der Waals surface area contributed by atoms with Crippen molar-refractivity contribution in [2.24, 2.45) is 0 Å². The number of benzene rings is 1. The van der Waals surface area contributed by atoms with Gasteiger partial charge in [-0.05, 0) is 44.3 Å². The third kappa shape index (κ3) is 5.44. The third-order valence-electron chi connectivity index (χ3n) is 3.54. The van der Waals surface area contributed by atoms with E-state index in [0.29, 0.717) is 18.7 Å². The summed E-state index contributed by atoms with van der Waals surface area (Å²) in [6.45, 7) is 5.45. The van der Waals surface area contributed by atoms with Crippen LogP contribution < -0.4 is 10.6 Å². The first-order valence-electron chi connectivity index (χ1n) is 7.51. The van der Waals surface area contributed by atoms with Crippen LogP contribution in [-0.2, 0) is 4.79 Å². The van der Waals surface area contributed by atoms with Gasteiger partial charge in [0.05, 0.1) is 6.04 Å². The van der Waals surface area contributed by atoms with Gasteiger partial charge in [0.2, 0.25) is 5.91 Å². The molecule has 0 aliphatic rings. The van der Waals surface area contributed by atoms with Gasteiger partial charge >= 0.3 is 0 Å². The smallest absolute Gasteiger partial charge is 0.251 e. The molecule has 6 heteroatoms. The van der Waals surface area contributed by atoms with Crippen LogP contribution in [0.2, 0.25) is 0 Å². The van der Waals surface area contributed by atoms with Crippen molar-refractivity contribution in [3.63, 3.8) is 0 Å². The van der Waals surface area contributed by atoms with Crippen LogP contribution in [0.4, 0.5) is 4.39 Å². The first-order valence-corrected chi connectivity index (χ1v) is 7.51. The lowest BCUT2D eigenvalue weighted by Crippen LogP contribution is -2.46. The van der Waals surface area contributed by atoms with E-state index in [1.165, 1.54) is 24.3 Å². The summed E-state index contributed by atoms with van der Waals surface area (Å²) in [6.07, 6.45) is 0.734. The molecule has 0 heterocycles. The Kier molecular flexibility index (Phi) is 7.52. The summed E-state index contributed by atoms with van der Waals surface area (Å²) in [7, 11) is 1.91. The molecule has 0 aromatic heterocycles. The van der Waals surface area contributed by atoms with Crippen LogP contribution in [0.5, 0.6) is 0 Å². The Morgan fingerprint density at radius 2 is 1.73 bits per heavy atom. The Balaban J connectivity index is 2.34. The number of carbonyl (C=O) groups is 2. The largest absolute Gasteiger partial charge is 0.353 e. The normalized spacial score (nSPS) is 12.0. The molecule has 0 radical (unpaired) electrons. The number of halogens is 1. The molecule has 1 aromatic carbocycles. The average molecular weight is 309 g/mol. The molecule has 0 saturated carbocycles. The van der Waals surface area contributed by atoms with Crippen molar-refractivity contribution >= 4 is 11.8 Å². The molecular formula is C16H24FN3O2. The standard InChI is InChI=1S/C16H24FN3O2/c1-4-14(20(3)5-2)16(22)19-11-10-18-15(21)12-6-8-13(17)9-7-12/h6-9,14H,4-5,10-11H2,1-3H3,(H,18,21)(H,19,22). The van der Waals surface area contributed by atoms with Crippen molar-refractivity contribution < 1.29 is 14.0 Å². The molecule has 0 aliphatic carbocycles. The zero-order valence-electron chi connectivity index (χ0n) is 13.4. The Labute approximate surface area is 130 Å². The predicted molar refractivity (Wildman–Crippen MR) is 84.1 cm³/mol. The molecule has 1 atom stereocenters. The maximum absolute atomic E-state index is 12.8. The lowest BCUT2D eigenvalue weighted by atomic mass is 10.2. The first-order chi connectivity index (χ1) is 10.5. The van der Waals surface area contributed by atoms with Crippen LogP contribution >= 0.6 is 0 Å². The molecule has 0 aliphatic heterocycles. The van der Waals surface area contributed by atoms with E-state index in [4.69, 9.17) is 0 Å². The van der Waals surface area contributed by atoms with Gasteiger partial charge in [0.1, 0.15) is 5.82 Å². The number of carbonyl (C=O) groups excluding carboxylic acids is 2. The molecular weight excluding hydrogens is 285 g/mol. The molecule has 0 saturated heterocycles. The molecule has 122 valence electrons. The summed E-state index contributed by atoms with van der Waals surface area (Å²) >= 11 is 0. The van der Waals surface area contributed by atoms with Crippen LogP contribution in [0.25, 0.3) is 0 Å². The van der Waals surface area contributed by atoms with Crippen molar-refractivity contribution in [1.29, 1.82) is 0 Å². The lowest BCUT2D eigenvalue weighted by Gasteiger charge is -2.24. The van der Waals surface area contributed by atoms with E-state index < -0.39 is 0 Å². The fourth-order valence-corrected chi connectivity index (χ4v) is 2.10. The minimum absolute atomic E-state index is 0.0390. The highest BCUT2D eigenvalue weighted by Crippen LogP contribution is 2.02. The molecule has 0 bridgehead atoms. The third-order valence-corrected chi connectivity index (χ3v) is 3.54. The van der Waals surface area contributed by atoms with Gasteiger partial charge in [0, 0.05) is 18.7 Å². The highest BCUT2D eigenvalue weighted by atomic mass is 19.1. The van der Waals surface area contributed by atoms with Crippen LogP contribution in [0.15, 0.2) is 24.3 Å². The fraction of sp³-hybridized carbons (Fsp3) is 0.500. The van der Waals surface area contributed by atoms with Crippen molar-refractivity contribution in [2.75, 3.05) is 26.7 Å². The van der Waals surface area contributed by atoms with E-state index in [1.54, 1.807) is 0 Å². The number of rotatable bonds is 8. The number of hydrogen-bond donors (Lipinski definition) is 2. The predicted octanol–water partition coefficient (Wildman–Crippen LogP) is 1.40. The van der Waals surface area contributed by atoms with Gasteiger partial charge in [-0.1, -0.05) is 13.8 Å². The minimum Gasteiger partial charge on any atom is -0.353 e. The van der Waals surface area contributed by atoms with E-state index >= 15 is 0 Å². The maximum Gasteiger partial charge on any atom is 0.251 e. The summed E-state index contributed by atoms with van der Waals surface area (Å²) < 4.78 is 12.8. The Morgan fingerprint density at radius 1 is 1.14 bits per heavy atom. The second-order valence-corrected chi connectivity index (χ2v) is 5.05. The monoisotopic (exact) mass is 309 g/mol. The van der Waals surface area contributed by atoms with Gasteiger partial charge in [-0.15, -0.1) is 0 Å². The van der Waals surface area contributed by atoms with Gasteiger partial charge < -0.3 is 10.6 Å². The van der Waals surface area contributed by atoms with Gasteiger partial charge in [-0.25, -0.2) is 4.39 Å². The van der Waals surface area contributed by atoms with Crippen LogP contribution in [0.1, 0.15) is 30.6 Å². The number of likely N-dealkylation sites (N-methyl/N-ethyl adjacent to an activating group) is 1. The molecule has 1 aromatic rings. The molecule has 1 rings (SSSR count). The van der Waals surface area contributed by atoms with E-state index in [-0.39, 0.29) is 23.7 Å². The quantitative estimate of drug-likeness (QED) is 0.714. The van der Waals surface area contributed by atoms with Crippen molar-refractivity contribution in [1.82, 2.24) is 15.5 Å². The Bertz CT molecular complexity index is 491. The van der Waals surface area contributed by atoms with Crippen molar-refractivity contribution in [3.05, 3.63) is 35.6 Å². The SMILES string of the molecule is CCC(C(=O)NCCNC(=O)c1ccc(F)cc1)N(C)CC. The first kappa shape index (κ1) is 18.1. The summed E-state index contributed by atoms with van der Waals surface area (Å²) in [6, 6.07) is 5.17. The molecule has 2 N–H and O–H groups in total. The topological polar surface area (TPSA) is 61.4 Å². The second-order valence-electron chi connectivity index (χ2n) is 5.05. The van der Waals surface area contributed by atoms with Gasteiger partial charge in [0.25, 0.3) is 5.91 Å². The summed E-state index contributed by atoms with van der Waals surface area (Å²) in [5, 5.41) is 5.49. The Morgan fingerprint density at radius 3 is 2.27 bits per heavy atom. The number of amides is 2. The number of nitrogens with one attached hydrogen (secondary N) is 2. The number of hydrogen-bond acceptors (Lipinski definition) is 3. The fourth-order valence-electron chi connectivity index (χ4n) is 2.10. The summed E-state index contributed by atoms with van der Waals surface area (Å²) in [5.74, 6) is -0.704.